The van der Waals surface area contributed by atoms with Crippen molar-refractivity contribution in [2.45, 2.75) is 32.4 Å². The number of benzene rings is 2. The van der Waals surface area contributed by atoms with Crippen molar-refractivity contribution < 1.29 is 9.53 Å². The van der Waals surface area contributed by atoms with Crippen molar-refractivity contribution in [3.05, 3.63) is 82.0 Å². The molecule has 2 heterocycles. The van der Waals surface area contributed by atoms with Crippen LogP contribution in [0.1, 0.15) is 29.4 Å². The van der Waals surface area contributed by atoms with Crippen LogP contribution in [0.4, 0.5) is 0 Å². The lowest BCUT2D eigenvalue weighted by Gasteiger charge is -2.13. The van der Waals surface area contributed by atoms with Crippen LogP contribution in [0, 0.1) is 6.92 Å². The predicted octanol–water partition coefficient (Wildman–Crippen LogP) is 2.68. The number of hydrogen-bond acceptors (Lipinski definition) is 5. The number of aryl methyl sites for hydroxylation is 2. The molecule has 5 rings (SSSR count). The molecule has 1 amide bonds. The van der Waals surface area contributed by atoms with E-state index in [1.807, 2.05) is 42.5 Å². The average Bonchev–Trinajstić information content (AvgIpc) is 3.35. The van der Waals surface area contributed by atoms with E-state index in [1.54, 1.807) is 20.1 Å². The van der Waals surface area contributed by atoms with Gasteiger partial charge in [0.2, 0.25) is 5.91 Å². The summed E-state index contributed by atoms with van der Waals surface area (Å²) >= 11 is 0. The van der Waals surface area contributed by atoms with Crippen molar-refractivity contribution in [2.75, 3.05) is 7.11 Å². The fourth-order valence-electron chi connectivity index (χ4n) is 4.30. The van der Waals surface area contributed by atoms with Gasteiger partial charge < -0.3 is 10.1 Å². The van der Waals surface area contributed by atoms with Crippen molar-refractivity contribution in [3.8, 4) is 17.0 Å². The van der Waals surface area contributed by atoms with Gasteiger partial charge in [0.05, 0.1) is 18.8 Å². The molecule has 0 saturated carbocycles. The fourth-order valence-corrected chi connectivity index (χ4v) is 4.30. The first-order chi connectivity index (χ1) is 15.5. The molecule has 0 radical (unpaired) electrons. The van der Waals surface area contributed by atoms with Gasteiger partial charge in [0, 0.05) is 11.6 Å². The quantitative estimate of drug-likeness (QED) is 0.527. The fraction of sp³-hybridized carbons (Fsp3) is 0.250. The minimum absolute atomic E-state index is 0.0310. The van der Waals surface area contributed by atoms with Crippen LogP contribution >= 0.6 is 0 Å². The summed E-state index contributed by atoms with van der Waals surface area (Å²) in [4.78, 5) is 30.1. The minimum Gasteiger partial charge on any atom is -0.497 e. The SMILES string of the molecule is COc1ccc(-c2cc3nn(CC(=O)NC4CCc5ccccc54)c(=O)n3c(C)n2)cc1. The van der Waals surface area contributed by atoms with Crippen molar-refractivity contribution in [1.82, 2.24) is 24.5 Å². The first kappa shape index (κ1) is 20.0. The van der Waals surface area contributed by atoms with Crippen molar-refractivity contribution >= 4 is 11.6 Å². The number of methoxy groups -OCH3 is 1. The Morgan fingerprint density at radius 1 is 1.19 bits per heavy atom. The van der Waals surface area contributed by atoms with Crippen LogP contribution in [0.15, 0.2) is 59.4 Å². The zero-order valence-electron chi connectivity index (χ0n) is 17.9. The van der Waals surface area contributed by atoms with Gasteiger partial charge in [-0.15, -0.1) is 5.10 Å². The van der Waals surface area contributed by atoms with Gasteiger partial charge in [-0.1, -0.05) is 24.3 Å². The Bertz CT molecular complexity index is 1370. The van der Waals surface area contributed by atoms with E-state index >= 15 is 0 Å². The van der Waals surface area contributed by atoms with Gasteiger partial charge in [0.1, 0.15) is 18.1 Å². The van der Waals surface area contributed by atoms with E-state index in [4.69, 9.17) is 4.74 Å². The molecule has 1 unspecified atom stereocenters. The van der Waals surface area contributed by atoms with Crippen LogP contribution < -0.4 is 15.7 Å². The van der Waals surface area contributed by atoms with Crippen LogP contribution in [0.3, 0.4) is 0 Å². The smallest absolute Gasteiger partial charge is 0.352 e. The van der Waals surface area contributed by atoms with Gasteiger partial charge >= 0.3 is 5.69 Å². The molecule has 32 heavy (non-hydrogen) atoms. The van der Waals surface area contributed by atoms with E-state index in [1.165, 1.54) is 14.6 Å². The highest BCUT2D eigenvalue weighted by atomic mass is 16.5. The Hall–Kier alpha value is -3.94. The summed E-state index contributed by atoms with van der Waals surface area (Å²) in [6.45, 7) is 1.61. The summed E-state index contributed by atoms with van der Waals surface area (Å²) in [7, 11) is 1.62. The molecule has 162 valence electrons. The van der Waals surface area contributed by atoms with Crippen LogP contribution in [-0.2, 0) is 17.8 Å². The highest BCUT2D eigenvalue weighted by molar-refractivity contribution is 5.76. The second-order valence-corrected chi connectivity index (χ2v) is 7.91. The molecule has 8 heteroatoms. The summed E-state index contributed by atoms with van der Waals surface area (Å²) in [5.41, 5.74) is 4.06. The molecule has 0 bridgehead atoms. The van der Waals surface area contributed by atoms with Crippen LogP contribution in [0.25, 0.3) is 16.9 Å². The summed E-state index contributed by atoms with van der Waals surface area (Å²) in [5.74, 6) is 1.02. The van der Waals surface area contributed by atoms with Crippen LogP contribution in [0.5, 0.6) is 5.75 Å². The molecule has 1 atom stereocenters. The Morgan fingerprint density at radius 3 is 2.75 bits per heavy atom. The third kappa shape index (κ3) is 3.53. The molecule has 4 aromatic rings. The van der Waals surface area contributed by atoms with Gasteiger partial charge in [-0.3, -0.25) is 4.79 Å². The lowest BCUT2D eigenvalue weighted by Crippen LogP contribution is -2.34. The highest BCUT2D eigenvalue weighted by Crippen LogP contribution is 2.30. The maximum absolute atomic E-state index is 12.9. The molecule has 1 aliphatic rings. The number of aromatic nitrogens is 4. The molecule has 0 fully saturated rings. The van der Waals surface area contributed by atoms with Crippen LogP contribution in [0.2, 0.25) is 0 Å². The maximum Gasteiger partial charge on any atom is 0.352 e. The van der Waals surface area contributed by atoms with Gasteiger partial charge in [-0.05, 0) is 55.2 Å². The van der Waals surface area contributed by atoms with E-state index in [0.29, 0.717) is 17.2 Å². The number of rotatable bonds is 5. The Morgan fingerprint density at radius 2 is 1.97 bits per heavy atom. The molecular formula is C24H23N5O3. The number of carbonyl (C=O) groups excluding carboxylic acids is 1. The zero-order valence-corrected chi connectivity index (χ0v) is 17.9. The number of nitrogens with zero attached hydrogens (tertiary/aromatic N) is 4. The molecule has 0 saturated heterocycles. The Kier molecular flexibility index (Phi) is 4.97. The number of fused-ring (bicyclic) bond motifs is 2. The maximum atomic E-state index is 12.9. The first-order valence-electron chi connectivity index (χ1n) is 10.5. The van der Waals surface area contributed by atoms with E-state index in [0.717, 1.165) is 29.7 Å². The Balaban J connectivity index is 1.40. The molecular weight excluding hydrogens is 406 g/mol. The minimum atomic E-state index is -0.381. The molecule has 0 spiro atoms. The first-order valence-corrected chi connectivity index (χ1v) is 10.5. The van der Waals surface area contributed by atoms with E-state index < -0.39 is 0 Å². The number of carbonyl (C=O) groups is 1. The van der Waals surface area contributed by atoms with Gasteiger partial charge in [-0.2, -0.15) is 0 Å². The normalized spacial score (nSPS) is 15.0. The Labute approximate surface area is 184 Å². The van der Waals surface area contributed by atoms with Gasteiger partial charge in [0.15, 0.2) is 5.65 Å². The number of nitrogens with one attached hydrogen (secondary N) is 1. The largest absolute Gasteiger partial charge is 0.497 e. The second-order valence-electron chi connectivity index (χ2n) is 7.91. The van der Waals surface area contributed by atoms with E-state index in [9.17, 15) is 9.59 Å². The lowest BCUT2D eigenvalue weighted by atomic mass is 10.1. The molecule has 1 N–H and O–H groups in total. The summed E-state index contributed by atoms with van der Waals surface area (Å²) in [6.07, 6.45) is 1.80. The zero-order chi connectivity index (χ0) is 22.2. The van der Waals surface area contributed by atoms with Crippen LogP contribution in [-0.4, -0.2) is 32.2 Å². The topological polar surface area (TPSA) is 90.5 Å². The monoisotopic (exact) mass is 429 g/mol. The summed E-state index contributed by atoms with van der Waals surface area (Å²) in [6, 6.07) is 17.3. The van der Waals surface area contributed by atoms with Crippen molar-refractivity contribution in [1.29, 1.82) is 0 Å². The average molecular weight is 429 g/mol. The van der Waals surface area contributed by atoms with Gasteiger partial charge in [0.25, 0.3) is 0 Å². The van der Waals surface area contributed by atoms with Gasteiger partial charge in [-0.25, -0.2) is 18.9 Å². The standard InChI is InChI=1S/C24H23N5O3/c1-15-25-21(17-7-10-18(32-2)11-8-17)13-22-27-28(24(31)29(15)22)14-23(30)26-20-12-9-16-5-3-4-6-19(16)20/h3-8,10-11,13,20H,9,12,14H2,1-2H3,(H,26,30). The number of amides is 1. The summed E-state index contributed by atoms with van der Waals surface area (Å²) < 4.78 is 7.82. The van der Waals surface area contributed by atoms with E-state index in [2.05, 4.69) is 21.5 Å². The molecule has 0 aliphatic heterocycles. The molecule has 2 aromatic heterocycles. The number of hydrogen-bond donors (Lipinski definition) is 1. The third-order valence-corrected chi connectivity index (χ3v) is 5.88. The highest BCUT2D eigenvalue weighted by Gasteiger charge is 2.24. The molecule has 8 nitrogen and oxygen atoms in total. The lowest BCUT2D eigenvalue weighted by molar-refractivity contribution is -0.122. The van der Waals surface area contributed by atoms with E-state index in [-0.39, 0.29) is 24.2 Å². The number of ether oxygens (including phenoxy) is 1. The second kappa shape index (κ2) is 7.96. The predicted molar refractivity (Wildman–Crippen MR) is 120 cm³/mol. The molecule has 2 aromatic carbocycles. The summed E-state index contributed by atoms with van der Waals surface area (Å²) in [5, 5.41) is 7.44. The molecule has 1 aliphatic carbocycles. The van der Waals surface area contributed by atoms with Crippen molar-refractivity contribution in [2.24, 2.45) is 0 Å². The van der Waals surface area contributed by atoms with Crippen molar-refractivity contribution in [3.63, 3.8) is 0 Å². The third-order valence-electron chi connectivity index (χ3n) is 5.88.